The van der Waals surface area contributed by atoms with Crippen LogP contribution in [0.1, 0.15) is 5.56 Å². The average molecular weight is 399 g/mol. The maximum absolute atomic E-state index is 12.0. The van der Waals surface area contributed by atoms with Crippen molar-refractivity contribution < 1.29 is 14.1 Å². The van der Waals surface area contributed by atoms with E-state index in [4.69, 9.17) is 27.6 Å². The number of benzene rings is 1. The predicted molar refractivity (Wildman–Crippen MR) is 93.1 cm³/mol. The van der Waals surface area contributed by atoms with Crippen LogP contribution in [0.25, 0.3) is 11.5 Å². The van der Waals surface area contributed by atoms with Crippen molar-refractivity contribution in [1.29, 1.82) is 0 Å². The SMILES string of the molecule is O=C(Cc1ccc([N+](=O)[O-])cc1)Nc1nnc(-c2cc(Cl)sc2Cl)o1. The van der Waals surface area contributed by atoms with Crippen molar-refractivity contribution in [2.24, 2.45) is 0 Å². The van der Waals surface area contributed by atoms with Gasteiger partial charge in [0.05, 0.1) is 21.2 Å². The van der Waals surface area contributed by atoms with E-state index in [0.29, 0.717) is 19.8 Å². The van der Waals surface area contributed by atoms with Crippen LogP contribution in [0.5, 0.6) is 0 Å². The smallest absolute Gasteiger partial charge is 0.322 e. The number of nitro groups is 1. The molecular formula is C14H8Cl2N4O4S. The summed E-state index contributed by atoms with van der Waals surface area (Å²) in [6, 6.07) is 7.17. The van der Waals surface area contributed by atoms with Crippen molar-refractivity contribution in [3.63, 3.8) is 0 Å². The van der Waals surface area contributed by atoms with Gasteiger partial charge in [-0.3, -0.25) is 20.2 Å². The average Bonchev–Trinajstić information content (AvgIpc) is 3.13. The Morgan fingerprint density at radius 1 is 1.28 bits per heavy atom. The van der Waals surface area contributed by atoms with Gasteiger partial charge in [-0.15, -0.1) is 16.4 Å². The van der Waals surface area contributed by atoms with E-state index in [1.54, 1.807) is 6.07 Å². The Morgan fingerprint density at radius 2 is 2.00 bits per heavy atom. The number of halogens is 2. The minimum atomic E-state index is -0.508. The van der Waals surface area contributed by atoms with Gasteiger partial charge in [0.1, 0.15) is 4.34 Å². The van der Waals surface area contributed by atoms with Gasteiger partial charge < -0.3 is 4.42 Å². The van der Waals surface area contributed by atoms with Crippen molar-refractivity contribution in [1.82, 2.24) is 10.2 Å². The van der Waals surface area contributed by atoms with Crippen LogP contribution in [0, 0.1) is 10.1 Å². The number of thiophene rings is 1. The Kier molecular flexibility index (Phi) is 4.98. The fraction of sp³-hybridized carbons (Fsp3) is 0.0714. The lowest BCUT2D eigenvalue weighted by Crippen LogP contribution is -2.14. The molecule has 1 N–H and O–H groups in total. The van der Waals surface area contributed by atoms with Gasteiger partial charge in [0, 0.05) is 12.1 Å². The molecule has 8 nitrogen and oxygen atoms in total. The van der Waals surface area contributed by atoms with Crippen LogP contribution < -0.4 is 5.32 Å². The van der Waals surface area contributed by atoms with Gasteiger partial charge in [0.25, 0.3) is 11.6 Å². The van der Waals surface area contributed by atoms with Crippen molar-refractivity contribution in [2.75, 3.05) is 5.32 Å². The third kappa shape index (κ3) is 4.13. The minimum absolute atomic E-state index is 0.000737. The number of hydrogen-bond acceptors (Lipinski definition) is 7. The van der Waals surface area contributed by atoms with E-state index in [9.17, 15) is 14.9 Å². The van der Waals surface area contributed by atoms with E-state index in [0.717, 1.165) is 11.3 Å². The van der Waals surface area contributed by atoms with Gasteiger partial charge in [0.15, 0.2) is 0 Å². The zero-order chi connectivity index (χ0) is 18.0. The molecule has 0 atom stereocenters. The molecule has 0 aliphatic rings. The molecule has 3 aromatic rings. The van der Waals surface area contributed by atoms with Gasteiger partial charge >= 0.3 is 6.01 Å². The molecule has 1 aromatic carbocycles. The van der Waals surface area contributed by atoms with Crippen LogP contribution >= 0.6 is 34.5 Å². The lowest BCUT2D eigenvalue weighted by atomic mass is 10.1. The van der Waals surface area contributed by atoms with E-state index in [2.05, 4.69) is 15.5 Å². The van der Waals surface area contributed by atoms with Crippen molar-refractivity contribution in [2.45, 2.75) is 6.42 Å². The van der Waals surface area contributed by atoms with Gasteiger partial charge in [-0.05, 0) is 11.6 Å². The summed E-state index contributed by atoms with van der Waals surface area (Å²) in [7, 11) is 0. The van der Waals surface area contributed by atoms with Crippen LogP contribution in [-0.4, -0.2) is 21.0 Å². The molecule has 0 unspecified atom stereocenters. The number of aromatic nitrogens is 2. The molecule has 0 bridgehead atoms. The van der Waals surface area contributed by atoms with Crippen LogP contribution in [0.15, 0.2) is 34.7 Å². The molecule has 0 radical (unpaired) electrons. The van der Waals surface area contributed by atoms with Crippen molar-refractivity contribution in [3.8, 4) is 11.5 Å². The quantitative estimate of drug-likeness (QED) is 0.509. The fourth-order valence-electron chi connectivity index (χ4n) is 1.95. The van der Waals surface area contributed by atoms with E-state index in [1.165, 1.54) is 24.3 Å². The molecule has 0 aliphatic carbocycles. The van der Waals surface area contributed by atoms with E-state index in [1.807, 2.05) is 0 Å². The van der Waals surface area contributed by atoms with Crippen LogP contribution in [0.2, 0.25) is 8.67 Å². The molecule has 0 saturated carbocycles. The summed E-state index contributed by atoms with van der Waals surface area (Å²) in [6.07, 6.45) is 0.000737. The summed E-state index contributed by atoms with van der Waals surface area (Å²) in [5.41, 5.74) is 1.05. The monoisotopic (exact) mass is 398 g/mol. The van der Waals surface area contributed by atoms with E-state index < -0.39 is 10.8 Å². The van der Waals surface area contributed by atoms with Crippen molar-refractivity contribution >= 4 is 52.1 Å². The molecule has 11 heteroatoms. The topological polar surface area (TPSA) is 111 Å². The highest BCUT2D eigenvalue weighted by atomic mass is 35.5. The lowest BCUT2D eigenvalue weighted by molar-refractivity contribution is -0.384. The zero-order valence-electron chi connectivity index (χ0n) is 12.2. The molecular weight excluding hydrogens is 391 g/mol. The normalized spacial score (nSPS) is 10.6. The first-order valence-corrected chi connectivity index (χ1v) is 8.31. The predicted octanol–water partition coefficient (Wildman–Crippen LogP) is 4.19. The molecule has 128 valence electrons. The number of carbonyl (C=O) groups is 1. The Morgan fingerprint density at radius 3 is 2.60 bits per heavy atom. The van der Waals surface area contributed by atoms with Crippen molar-refractivity contribution in [3.05, 3.63) is 54.7 Å². The van der Waals surface area contributed by atoms with E-state index in [-0.39, 0.29) is 24.0 Å². The summed E-state index contributed by atoms with van der Waals surface area (Å²) in [6.45, 7) is 0. The number of amides is 1. The Hall–Kier alpha value is -2.49. The summed E-state index contributed by atoms with van der Waals surface area (Å²) >= 11 is 13.0. The molecule has 25 heavy (non-hydrogen) atoms. The third-order valence-electron chi connectivity index (χ3n) is 3.07. The second-order valence-electron chi connectivity index (χ2n) is 4.80. The zero-order valence-corrected chi connectivity index (χ0v) is 14.6. The Balaban J connectivity index is 1.65. The molecule has 0 spiro atoms. The number of nitrogens with zero attached hydrogens (tertiary/aromatic N) is 3. The highest BCUT2D eigenvalue weighted by molar-refractivity contribution is 7.20. The highest BCUT2D eigenvalue weighted by Crippen LogP contribution is 2.37. The van der Waals surface area contributed by atoms with Gasteiger partial charge in [-0.2, -0.15) is 0 Å². The summed E-state index contributed by atoms with van der Waals surface area (Å²) in [4.78, 5) is 22.1. The molecule has 2 aromatic heterocycles. The second kappa shape index (κ2) is 7.18. The molecule has 0 saturated heterocycles. The number of nitrogens with one attached hydrogen (secondary N) is 1. The largest absolute Gasteiger partial charge is 0.403 e. The molecule has 3 rings (SSSR count). The number of rotatable bonds is 5. The molecule has 0 fully saturated rings. The highest BCUT2D eigenvalue weighted by Gasteiger charge is 2.16. The van der Waals surface area contributed by atoms with Crippen LogP contribution in [0.3, 0.4) is 0 Å². The van der Waals surface area contributed by atoms with Gasteiger partial charge in [-0.1, -0.05) is 40.4 Å². The van der Waals surface area contributed by atoms with Crippen LogP contribution in [-0.2, 0) is 11.2 Å². The summed E-state index contributed by atoms with van der Waals surface area (Å²) in [5.74, 6) is -0.266. The number of hydrogen-bond donors (Lipinski definition) is 1. The maximum atomic E-state index is 12.0. The first-order valence-electron chi connectivity index (χ1n) is 6.74. The first-order chi connectivity index (χ1) is 11.9. The number of anilines is 1. The summed E-state index contributed by atoms with van der Waals surface area (Å²) < 4.78 is 6.22. The van der Waals surface area contributed by atoms with E-state index >= 15 is 0 Å². The number of carbonyl (C=O) groups excluding carboxylic acids is 1. The van der Waals surface area contributed by atoms with Crippen LogP contribution in [0.4, 0.5) is 11.7 Å². The molecule has 1 amide bonds. The number of nitro benzene ring substituents is 1. The third-order valence-corrected chi connectivity index (χ3v) is 4.56. The summed E-state index contributed by atoms with van der Waals surface area (Å²) in [5, 5.41) is 20.6. The fourth-order valence-corrected chi connectivity index (χ4v) is 3.40. The minimum Gasteiger partial charge on any atom is -0.403 e. The van der Waals surface area contributed by atoms with Gasteiger partial charge in [-0.25, -0.2) is 0 Å². The molecule has 0 aliphatic heterocycles. The van der Waals surface area contributed by atoms with Gasteiger partial charge in [0.2, 0.25) is 5.91 Å². The second-order valence-corrected chi connectivity index (χ2v) is 7.08. The Bertz CT molecular complexity index is 939. The standard InChI is InChI=1S/C14H8Cl2N4O4S/c15-10-6-9(12(16)25-10)13-18-19-14(24-13)17-11(21)5-7-1-3-8(4-2-7)20(22)23/h1-4,6H,5H2,(H,17,19,21). The first kappa shape index (κ1) is 17.3. The lowest BCUT2D eigenvalue weighted by Gasteiger charge is -2.01. The Labute approximate surface area is 154 Å². The maximum Gasteiger partial charge on any atom is 0.322 e. The molecule has 2 heterocycles. The number of non-ortho nitro benzene ring substituents is 1.